The molecule has 0 spiro atoms. The first kappa shape index (κ1) is 27.2. The summed E-state index contributed by atoms with van der Waals surface area (Å²) in [5, 5.41) is 11.0. The minimum atomic E-state index is -1.11. The van der Waals surface area contributed by atoms with Crippen molar-refractivity contribution in [3.8, 4) is 0 Å². The van der Waals surface area contributed by atoms with Gasteiger partial charge in [-0.1, -0.05) is 74.3 Å². The predicted octanol–water partition coefficient (Wildman–Crippen LogP) is 7.71. The maximum absolute atomic E-state index is 14.5. The van der Waals surface area contributed by atoms with Crippen molar-refractivity contribution >= 4 is 35.1 Å². The normalized spacial score (nSPS) is 22.8. The summed E-state index contributed by atoms with van der Waals surface area (Å²) < 4.78 is 0. The zero-order valence-corrected chi connectivity index (χ0v) is 22.8. The maximum Gasteiger partial charge on any atom is 0.304 e. The van der Waals surface area contributed by atoms with Crippen LogP contribution in [0.3, 0.4) is 0 Å². The number of carboxylic acids is 1. The van der Waals surface area contributed by atoms with Crippen molar-refractivity contribution in [2.24, 2.45) is 11.3 Å². The quantitative estimate of drug-likeness (QED) is 0.318. The standard InChI is InChI=1S/C30H32Cl2N2O3/c1-19(2)15-26(25-9-4-5-14-33-25)34-28(20-10-12-22(31)13-11-20)24(21-7-6-8-23(32)16-21)17-30(3,29(34)37)18-27(35)36/h4-14,16,19,24,26,28H,15,17-18H2,1-3H3,(H,35,36)/t24-,26+,28?,30-/m1/s1. The molecule has 194 valence electrons. The number of aliphatic carboxylic acids is 1. The number of rotatable bonds is 8. The lowest BCUT2D eigenvalue weighted by molar-refractivity contribution is -0.161. The molecule has 1 aliphatic heterocycles. The van der Waals surface area contributed by atoms with Crippen LogP contribution in [0.1, 0.15) is 74.9 Å². The van der Waals surface area contributed by atoms with E-state index in [4.69, 9.17) is 23.2 Å². The van der Waals surface area contributed by atoms with Crippen molar-refractivity contribution in [1.82, 2.24) is 9.88 Å². The van der Waals surface area contributed by atoms with E-state index in [0.717, 1.165) is 16.8 Å². The zero-order valence-electron chi connectivity index (χ0n) is 21.3. The van der Waals surface area contributed by atoms with Gasteiger partial charge in [-0.15, -0.1) is 0 Å². The van der Waals surface area contributed by atoms with Gasteiger partial charge in [-0.05, 0) is 66.3 Å². The van der Waals surface area contributed by atoms with E-state index in [9.17, 15) is 14.7 Å². The summed E-state index contributed by atoms with van der Waals surface area (Å²) >= 11 is 12.7. The Kier molecular flexibility index (Phi) is 8.25. The lowest BCUT2D eigenvalue weighted by Gasteiger charge is -2.52. The van der Waals surface area contributed by atoms with Crippen LogP contribution in [-0.4, -0.2) is 26.9 Å². The van der Waals surface area contributed by atoms with Crippen molar-refractivity contribution in [3.63, 3.8) is 0 Å². The second-order valence-corrected chi connectivity index (χ2v) is 11.5. The molecule has 1 aromatic heterocycles. The smallest absolute Gasteiger partial charge is 0.304 e. The van der Waals surface area contributed by atoms with Gasteiger partial charge in [-0.25, -0.2) is 0 Å². The minimum Gasteiger partial charge on any atom is -0.481 e. The maximum atomic E-state index is 14.5. The van der Waals surface area contributed by atoms with E-state index >= 15 is 0 Å². The average Bonchev–Trinajstić information content (AvgIpc) is 2.85. The largest absolute Gasteiger partial charge is 0.481 e. The van der Waals surface area contributed by atoms with Crippen LogP contribution in [0, 0.1) is 11.3 Å². The van der Waals surface area contributed by atoms with Gasteiger partial charge in [0.1, 0.15) is 0 Å². The first-order chi connectivity index (χ1) is 17.6. The van der Waals surface area contributed by atoms with E-state index in [-0.39, 0.29) is 36.2 Å². The Hall–Kier alpha value is -2.89. The highest BCUT2D eigenvalue weighted by atomic mass is 35.5. The molecule has 2 aromatic carbocycles. The van der Waals surface area contributed by atoms with Crippen LogP contribution in [0.25, 0.3) is 0 Å². The Morgan fingerprint density at radius 1 is 1.05 bits per heavy atom. The van der Waals surface area contributed by atoms with Crippen molar-refractivity contribution in [1.29, 1.82) is 0 Å². The first-order valence-corrected chi connectivity index (χ1v) is 13.3. The van der Waals surface area contributed by atoms with Crippen molar-refractivity contribution in [2.45, 2.75) is 58.0 Å². The van der Waals surface area contributed by atoms with Gasteiger partial charge in [-0.3, -0.25) is 14.6 Å². The number of amides is 1. The summed E-state index contributed by atoms with van der Waals surface area (Å²) in [5.74, 6) is -1.10. The van der Waals surface area contributed by atoms with Crippen LogP contribution >= 0.6 is 23.2 Å². The predicted molar refractivity (Wildman–Crippen MR) is 147 cm³/mol. The van der Waals surface area contributed by atoms with Crippen molar-refractivity contribution in [2.75, 3.05) is 0 Å². The molecule has 4 rings (SSSR count). The number of halogens is 2. The van der Waals surface area contributed by atoms with Crippen LogP contribution in [0.5, 0.6) is 0 Å². The van der Waals surface area contributed by atoms with E-state index in [1.54, 1.807) is 13.1 Å². The molecule has 0 saturated carbocycles. The highest BCUT2D eigenvalue weighted by molar-refractivity contribution is 6.30. The minimum absolute atomic E-state index is 0.176. The molecule has 4 atom stereocenters. The molecule has 1 N–H and O–H groups in total. The number of pyridine rings is 1. The molecular weight excluding hydrogens is 507 g/mol. The number of carbonyl (C=O) groups excluding carboxylic acids is 1. The van der Waals surface area contributed by atoms with Gasteiger partial charge in [0.2, 0.25) is 5.91 Å². The summed E-state index contributed by atoms with van der Waals surface area (Å²) in [5.41, 5.74) is 1.58. The topological polar surface area (TPSA) is 70.5 Å². The van der Waals surface area contributed by atoms with Gasteiger partial charge in [0, 0.05) is 22.2 Å². The summed E-state index contributed by atoms with van der Waals surface area (Å²) in [6.45, 7) is 6.01. The molecule has 0 aliphatic carbocycles. The Bertz CT molecular complexity index is 1250. The van der Waals surface area contributed by atoms with Gasteiger partial charge in [0.15, 0.2) is 0 Å². The summed E-state index contributed by atoms with van der Waals surface area (Å²) in [6, 6.07) is 20.2. The van der Waals surface area contributed by atoms with Gasteiger partial charge in [0.25, 0.3) is 0 Å². The molecule has 3 aromatic rings. The average molecular weight is 540 g/mol. The number of hydrogen-bond donors (Lipinski definition) is 1. The molecule has 37 heavy (non-hydrogen) atoms. The number of benzene rings is 2. The summed E-state index contributed by atoms with van der Waals surface area (Å²) in [6.07, 6.45) is 2.53. The van der Waals surface area contributed by atoms with E-state index in [2.05, 4.69) is 18.8 Å². The van der Waals surface area contributed by atoms with E-state index in [1.165, 1.54) is 0 Å². The lowest BCUT2D eigenvalue weighted by Crippen LogP contribution is -2.54. The number of carboxylic acid groups (broad SMARTS) is 1. The fraction of sp³-hybridized carbons (Fsp3) is 0.367. The Morgan fingerprint density at radius 3 is 2.38 bits per heavy atom. The van der Waals surface area contributed by atoms with Crippen LogP contribution < -0.4 is 0 Å². The third-order valence-corrected chi connectivity index (χ3v) is 7.68. The van der Waals surface area contributed by atoms with Gasteiger partial charge >= 0.3 is 5.97 Å². The second-order valence-electron chi connectivity index (χ2n) is 10.6. The molecule has 1 amide bonds. The third kappa shape index (κ3) is 6.00. The fourth-order valence-electron chi connectivity index (χ4n) is 5.62. The fourth-order valence-corrected chi connectivity index (χ4v) is 5.94. The lowest BCUT2D eigenvalue weighted by atomic mass is 9.66. The molecule has 7 heteroatoms. The van der Waals surface area contributed by atoms with Crippen LogP contribution in [0.4, 0.5) is 0 Å². The van der Waals surface area contributed by atoms with Crippen molar-refractivity contribution < 1.29 is 14.7 Å². The van der Waals surface area contributed by atoms with Gasteiger partial charge in [-0.2, -0.15) is 0 Å². The number of hydrogen-bond acceptors (Lipinski definition) is 3. The molecular formula is C30H32Cl2N2O3. The molecule has 2 heterocycles. The van der Waals surface area contributed by atoms with Crippen LogP contribution in [0.2, 0.25) is 10.0 Å². The SMILES string of the molecule is CC(C)C[C@@H](c1ccccn1)N1C(=O)[C@@](C)(CC(=O)O)C[C@H](c2cccc(Cl)c2)C1c1ccc(Cl)cc1. The number of likely N-dealkylation sites (tertiary alicyclic amines) is 1. The highest BCUT2D eigenvalue weighted by Gasteiger charge is 2.52. The third-order valence-electron chi connectivity index (χ3n) is 7.19. The van der Waals surface area contributed by atoms with Gasteiger partial charge in [0.05, 0.1) is 29.6 Å². The molecule has 0 bridgehead atoms. The van der Waals surface area contributed by atoms with Crippen LogP contribution in [-0.2, 0) is 9.59 Å². The number of aromatic nitrogens is 1. The van der Waals surface area contributed by atoms with Crippen LogP contribution in [0.15, 0.2) is 72.9 Å². The Labute approximate surface area is 228 Å². The summed E-state index contributed by atoms with van der Waals surface area (Å²) in [4.78, 5) is 33.0. The Balaban J connectivity index is 1.97. The second kappa shape index (κ2) is 11.2. The van der Waals surface area contributed by atoms with E-state index in [0.29, 0.717) is 22.9 Å². The van der Waals surface area contributed by atoms with E-state index in [1.807, 2.05) is 71.6 Å². The molecule has 1 saturated heterocycles. The number of carbonyl (C=O) groups is 2. The molecule has 5 nitrogen and oxygen atoms in total. The zero-order chi connectivity index (χ0) is 26.7. The molecule has 1 unspecified atom stereocenters. The molecule has 0 radical (unpaired) electrons. The molecule has 1 fully saturated rings. The van der Waals surface area contributed by atoms with Crippen molar-refractivity contribution in [3.05, 3.63) is 99.8 Å². The molecule has 1 aliphatic rings. The highest BCUT2D eigenvalue weighted by Crippen LogP contribution is 2.54. The monoisotopic (exact) mass is 538 g/mol. The van der Waals surface area contributed by atoms with E-state index < -0.39 is 11.4 Å². The Morgan fingerprint density at radius 2 is 1.78 bits per heavy atom. The first-order valence-electron chi connectivity index (χ1n) is 12.6. The van der Waals surface area contributed by atoms with Gasteiger partial charge < -0.3 is 10.0 Å². The number of piperidine rings is 1. The summed E-state index contributed by atoms with van der Waals surface area (Å²) in [7, 11) is 0. The number of nitrogens with zero attached hydrogens (tertiary/aromatic N) is 2.